The van der Waals surface area contributed by atoms with Crippen LogP contribution in [0.4, 0.5) is 15.2 Å². The molecule has 11 nitrogen and oxygen atoms in total. The summed E-state index contributed by atoms with van der Waals surface area (Å²) >= 11 is 2.34. The molecule has 3 N–H and O–H groups in total. The molecule has 0 saturated heterocycles. The number of hydrogen-bond acceptors (Lipinski definition) is 12. The van der Waals surface area contributed by atoms with Crippen molar-refractivity contribution in [3.8, 4) is 23.3 Å². The van der Waals surface area contributed by atoms with Crippen molar-refractivity contribution in [1.82, 2.24) is 10.2 Å². The van der Waals surface area contributed by atoms with E-state index < -0.39 is 11.7 Å². The molecule has 2 aliphatic rings. The summed E-state index contributed by atoms with van der Waals surface area (Å²) in [5.41, 5.74) is 9.66. The number of nitrogens with one attached hydrogen (secondary N) is 1. The summed E-state index contributed by atoms with van der Waals surface area (Å²) in [5.74, 6) is -0.348. The fourth-order valence-electron chi connectivity index (χ4n) is 5.30. The van der Waals surface area contributed by atoms with Crippen LogP contribution in [0.1, 0.15) is 36.3 Å². The van der Waals surface area contributed by atoms with Crippen molar-refractivity contribution >= 4 is 45.6 Å². The van der Waals surface area contributed by atoms with Crippen LogP contribution in [0.2, 0.25) is 0 Å². The van der Waals surface area contributed by atoms with Crippen LogP contribution in [0.25, 0.3) is 0 Å². The minimum Gasteiger partial charge on any atom is -0.493 e. The fourth-order valence-corrected chi connectivity index (χ4v) is 6.98. The van der Waals surface area contributed by atoms with E-state index in [9.17, 15) is 19.2 Å². The van der Waals surface area contributed by atoms with Crippen LogP contribution in [-0.4, -0.2) is 49.0 Å². The number of hydrogen-bond donors (Lipinski definition) is 2. The van der Waals surface area contributed by atoms with Crippen molar-refractivity contribution in [3.05, 3.63) is 69.9 Å². The third-order valence-electron chi connectivity index (χ3n) is 7.32. The number of methoxy groups -OCH3 is 3. The molecule has 3 aromatic rings. The van der Waals surface area contributed by atoms with Crippen LogP contribution < -0.4 is 30.2 Å². The second kappa shape index (κ2) is 12.9. The van der Waals surface area contributed by atoms with Gasteiger partial charge in [0.15, 0.2) is 21.6 Å². The summed E-state index contributed by atoms with van der Waals surface area (Å²) in [6.07, 6.45) is 1.45. The Labute approximate surface area is 261 Å². The smallest absolute Gasteiger partial charge is 0.234 e. The first-order chi connectivity index (χ1) is 21.2. The number of carbonyl (C=O) groups excluding carboxylic acids is 2. The molecular formula is C30H29FN6O5S2. The molecule has 1 amide bonds. The maximum atomic E-state index is 13.6. The quantitative estimate of drug-likeness (QED) is 0.304. The number of benzene rings is 2. The molecule has 0 radical (unpaired) electrons. The maximum absolute atomic E-state index is 13.6. The average Bonchev–Trinajstić information content (AvgIpc) is 3.49. The van der Waals surface area contributed by atoms with Crippen molar-refractivity contribution in [3.63, 3.8) is 0 Å². The van der Waals surface area contributed by atoms with Crippen LogP contribution in [-0.2, 0) is 9.59 Å². The molecule has 1 aliphatic heterocycles. The van der Waals surface area contributed by atoms with Gasteiger partial charge in [-0.15, -0.1) is 10.2 Å². The summed E-state index contributed by atoms with van der Waals surface area (Å²) in [6.45, 7) is 1.77. The third kappa shape index (κ3) is 5.80. The van der Waals surface area contributed by atoms with Gasteiger partial charge in [0, 0.05) is 23.4 Å². The molecular weight excluding hydrogens is 607 g/mol. The van der Waals surface area contributed by atoms with Crippen LogP contribution in [0, 0.1) is 24.1 Å². The molecule has 14 heteroatoms. The van der Waals surface area contributed by atoms with E-state index in [1.165, 1.54) is 44.8 Å². The number of ketones is 1. The molecule has 5 rings (SSSR count). The number of anilines is 2. The van der Waals surface area contributed by atoms with Crippen LogP contribution in [0.5, 0.6) is 17.2 Å². The number of amides is 1. The summed E-state index contributed by atoms with van der Waals surface area (Å²) in [5, 5.41) is 22.0. The predicted octanol–water partition coefficient (Wildman–Crippen LogP) is 5.05. The molecule has 0 bridgehead atoms. The highest BCUT2D eigenvalue weighted by Crippen LogP contribution is 2.50. The van der Waals surface area contributed by atoms with E-state index in [1.54, 1.807) is 30.0 Å². The van der Waals surface area contributed by atoms with Crippen molar-refractivity contribution in [2.24, 2.45) is 5.73 Å². The number of nitriles is 1. The molecule has 2 heterocycles. The summed E-state index contributed by atoms with van der Waals surface area (Å²) in [4.78, 5) is 27.7. The first-order valence-electron chi connectivity index (χ1n) is 13.5. The molecule has 2 aromatic carbocycles. The number of carbonyl (C=O) groups is 2. The number of thioether (sulfide) groups is 1. The second-order valence-corrected chi connectivity index (χ2v) is 12.1. The van der Waals surface area contributed by atoms with Gasteiger partial charge < -0.3 is 25.3 Å². The molecule has 0 saturated carbocycles. The summed E-state index contributed by atoms with van der Waals surface area (Å²) in [7, 11) is 4.48. The van der Waals surface area contributed by atoms with Gasteiger partial charge in [0.05, 0.1) is 44.6 Å². The Morgan fingerprint density at radius 1 is 1.18 bits per heavy atom. The maximum Gasteiger partial charge on any atom is 0.234 e. The Morgan fingerprint density at radius 2 is 1.91 bits per heavy atom. The van der Waals surface area contributed by atoms with Crippen molar-refractivity contribution in [2.75, 3.05) is 37.3 Å². The minimum absolute atomic E-state index is 0.00892. The van der Waals surface area contributed by atoms with Crippen LogP contribution in [0.3, 0.4) is 0 Å². The monoisotopic (exact) mass is 636 g/mol. The SMILES string of the molecule is COc1cc(C2C(C#N)=C(N)N(c3nnc(SCC(=O)Nc4cc(F)ccc4C)s3)C3=C2C(=O)CCC3)cc(OC)c1OC. The zero-order valence-electron chi connectivity index (χ0n) is 24.4. The lowest BCUT2D eigenvalue weighted by Gasteiger charge is -2.38. The third-order valence-corrected chi connectivity index (χ3v) is 9.36. The van der Waals surface area contributed by atoms with Crippen molar-refractivity contribution in [2.45, 2.75) is 36.4 Å². The number of aromatic nitrogens is 2. The number of allylic oxidation sites excluding steroid dienone is 3. The predicted molar refractivity (Wildman–Crippen MR) is 164 cm³/mol. The highest BCUT2D eigenvalue weighted by Gasteiger charge is 2.42. The average molecular weight is 637 g/mol. The van der Waals surface area contributed by atoms with Gasteiger partial charge in [-0.25, -0.2) is 4.39 Å². The fraction of sp³-hybridized carbons (Fsp3) is 0.300. The van der Waals surface area contributed by atoms with Gasteiger partial charge >= 0.3 is 0 Å². The number of halogens is 1. The number of ether oxygens (including phenoxy) is 3. The Bertz CT molecular complexity index is 1720. The number of nitrogens with two attached hydrogens (primary N) is 1. The van der Waals surface area contributed by atoms with E-state index in [0.717, 1.165) is 17.3 Å². The lowest BCUT2D eigenvalue weighted by molar-refractivity contribution is -0.116. The minimum atomic E-state index is -0.760. The van der Waals surface area contributed by atoms with E-state index in [4.69, 9.17) is 19.9 Å². The Kier molecular flexibility index (Phi) is 9.07. The molecule has 228 valence electrons. The lowest BCUT2D eigenvalue weighted by Crippen LogP contribution is -2.38. The van der Waals surface area contributed by atoms with E-state index in [1.807, 2.05) is 0 Å². The summed E-state index contributed by atoms with van der Waals surface area (Å²) in [6, 6.07) is 9.84. The van der Waals surface area contributed by atoms with Gasteiger partial charge in [-0.1, -0.05) is 29.2 Å². The van der Waals surface area contributed by atoms with E-state index >= 15 is 0 Å². The first kappa shape index (κ1) is 30.8. The zero-order valence-corrected chi connectivity index (χ0v) is 26.0. The molecule has 1 aromatic heterocycles. The standard InChI is InChI=1S/C30H29FN6O5S2/c1-15-8-9-17(31)12-19(15)34-24(39)14-43-30-36-35-29(44-30)37-20-6-5-7-21(38)26(20)25(18(13-32)28(37)33)16-10-22(40-2)27(42-4)23(11-16)41-3/h8-12,25H,5-7,14,33H2,1-4H3,(H,34,39). The number of rotatable bonds is 9. The first-order valence-corrected chi connectivity index (χ1v) is 15.3. The number of nitrogens with zero attached hydrogens (tertiary/aromatic N) is 4. The normalized spacial score (nSPS) is 16.4. The topological polar surface area (TPSA) is 153 Å². The zero-order chi connectivity index (χ0) is 31.5. The number of aryl methyl sites for hydroxylation is 1. The van der Waals surface area contributed by atoms with Gasteiger partial charge in [0.1, 0.15) is 11.6 Å². The van der Waals surface area contributed by atoms with E-state index in [0.29, 0.717) is 68.5 Å². The Hall–Kier alpha value is -4.61. The Morgan fingerprint density at radius 3 is 2.57 bits per heavy atom. The Balaban J connectivity index is 1.47. The highest BCUT2D eigenvalue weighted by atomic mass is 32.2. The second-order valence-electron chi connectivity index (χ2n) is 9.92. The van der Waals surface area contributed by atoms with Gasteiger partial charge in [-0.05, 0) is 55.2 Å². The molecule has 1 atom stereocenters. The summed E-state index contributed by atoms with van der Waals surface area (Å²) < 4.78 is 30.6. The van der Waals surface area contributed by atoms with Gasteiger partial charge in [0.2, 0.25) is 16.8 Å². The highest BCUT2D eigenvalue weighted by molar-refractivity contribution is 8.01. The van der Waals surface area contributed by atoms with E-state index in [-0.39, 0.29) is 28.8 Å². The van der Waals surface area contributed by atoms with Gasteiger partial charge in [0.25, 0.3) is 0 Å². The van der Waals surface area contributed by atoms with Crippen molar-refractivity contribution < 1.29 is 28.2 Å². The van der Waals surface area contributed by atoms with Crippen LogP contribution >= 0.6 is 23.1 Å². The van der Waals surface area contributed by atoms with Crippen molar-refractivity contribution in [1.29, 1.82) is 5.26 Å². The molecule has 1 aliphatic carbocycles. The number of Topliss-reactive ketones (excluding diaryl/α,β-unsaturated/α-hetero) is 1. The van der Waals surface area contributed by atoms with Crippen LogP contribution in [0.15, 0.2) is 57.3 Å². The lowest BCUT2D eigenvalue weighted by atomic mass is 9.75. The van der Waals surface area contributed by atoms with Gasteiger partial charge in [-0.2, -0.15) is 5.26 Å². The molecule has 44 heavy (non-hydrogen) atoms. The molecule has 0 spiro atoms. The molecule has 1 unspecified atom stereocenters. The largest absolute Gasteiger partial charge is 0.493 e. The van der Waals surface area contributed by atoms with Gasteiger partial charge in [-0.3, -0.25) is 14.5 Å². The molecule has 0 fully saturated rings. The van der Waals surface area contributed by atoms with E-state index in [2.05, 4.69) is 21.6 Å².